The van der Waals surface area contributed by atoms with Gasteiger partial charge in [-0.3, -0.25) is 0 Å². The highest BCUT2D eigenvalue weighted by molar-refractivity contribution is 8.05. The molecule has 0 aromatic rings. The van der Waals surface area contributed by atoms with Crippen LogP contribution >= 0.6 is 0 Å². The van der Waals surface area contributed by atoms with Crippen molar-refractivity contribution in [1.82, 2.24) is 4.90 Å². The predicted octanol–water partition coefficient (Wildman–Crippen LogP) is 1.90. The molecule has 2 rings (SSSR count). The van der Waals surface area contributed by atoms with Gasteiger partial charge in [-0.25, -0.2) is 14.0 Å². The zero-order valence-corrected chi connectivity index (χ0v) is 12.4. The van der Waals surface area contributed by atoms with Crippen molar-refractivity contribution >= 4 is 21.9 Å². The predicted molar refractivity (Wildman–Crippen MR) is 74.6 cm³/mol. The number of aliphatic imine (C=N–C) groups is 1. The zero-order chi connectivity index (χ0) is 14.2. The topological polar surface area (TPSA) is 59.0 Å². The molecule has 0 fully saturated rings. The first-order chi connectivity index (χ1) is 8.93. The average molecular weight is 282 g/mol. The summed E-state index contributed by atoms with van der Waals surface area (Å²) < 4.78 is 17.4. The zero-order valence-electron chi connectivity index (χ0n) is 11.6. The van der Waals surface area contributed by atoms with Crippen molar-refractivity contribution in [2.45, 2.75) is 40.2 Å². The van der Waals surface area contributed by atoms with Crippen molar-refractivity contribution in [2.75, 3.05) is 6.54 Å². The fourth-order valence-corrected chi connectivity index (χ4v) is 3.15. The Hall–Kier alpha value is -1.43. The minimum atomic E-state index is -1.53. The largest absolute Gasteiger partial charge is 0.459 e. The average Bonchev–Trinajstić information content (AvgIpc) is 2.64. The minimum absolute atomic E-state index is 0.178. The number of amidine groups is 1. The molecule has 2 aliphatic rings. The van der Waals surface area contributed by atoms with Crippen molar-refractivity contribution in [1.29, 1.82) is 0 Å². The molecule has 5 nitrogen and oxygen atoms in total. The van der Waals surface area contributed by atoms with Crippen LogP contribution in [0.4, 0.5) is 0 Å². The number of rotatable bonds is 3. The fraction of sp³-hybridized carbons (Fsp3) is 0.538. The third-order valence-electron chi connectivity index (χ3n) is 2.89. The molecule has 2 aliphatic heterocycles. The van der Waals surface area contributed by atoms with Crippen molar-refractivity contribution in [3.63, 3.8) is 0 Å². The lowest BCUT2D eigenvalue weighted by Gasteiger charge is -2.22. The molecule has 1 atom stereocenters. The maximum atomic E-state index is 12.3. The summed E-state index contributed by atoms with van der Waals surface area (Å²) in [6, 6.07) is 0. The van der Waals surface area contributed by atoms with Gasteiger partial charge in [0.1, 0.15) is 15.7 Å². The van der Waals surface area contributed by atoms with E-state index in [0.717, 1.165) is 17.7 Å². The summed E-state index contributed by atoms with van der Waals surface area (Å²) in [5, 5.41) is 0.443. The Morgan fingerprint density at radius 1 is 1.58 bits per heavy atom. The number of allylic oxidation sites excluding steroid dienone is 1. The summed E-state index contributed by atoms with van der Waals surface area (Å²) in [5.74, 6) is -0.527. The Bertz CT molecular complexity index is 532. The van der Waals surface area contributed by atoms with Crippen LogP contribution in [0.2, 0.25) is 0 Å². The first kappa shape index (κ1) is 14.0. The molecule has 0 saturated carbocycles. The molecular weight excluding hydrogens is 264 g/mol. The van der Waals surface area contributed by atoms with Crippen molar-refractivity contribution < 1.29 is 13.7 Å². The number of fused-ring (bicyclic) bond motifs is 1. The summed E-state index contributed by atoms with van der Waals surface area (Å²) in [5.41, 5.74) is 2.09. The standard InChI is InChI=1S/C13H18N2O3S/c1-5-10-9(4)6-15-7-11(12(16)18-8(2)3)19(17)13(15)14-10/h7-8H,5-6H2,1-4H3. The van der Waals surface area contributed by atoms with E-state index in [1.54, 1.807) is 24.9 Å². The lowest BCUT2D eigenvalue weighted by molar-refractivity contribution is -0.141. The van der Waals surface area contributed by atoms with Crippen LogP contribution in [0.3, 0.4) is 0 Å². The molecule has 0 amide bonds. The normalized spacial score (nSPS) is 22.4. The van der Waals surface area contributed by atoms with Gasteiger partial charge in [-0.1, -0.05) is 6.92 Å². The van der Waals surface area contributed by atoms with Crippen LogP contribution in [-0.4, -0.2) is 32.9 Å². The monoisotopic (exact) mass is 282 g/mol. The van der Waals surface area contributed by atoms with Crippen LogP contribution in [0.1, 0.15) is 34.1 Å². The maximum absolute atomic E-state index is 12.3. The van der Waals surface area contributed by atoms with Crippen LogP contribution in [0.25, 0.3) is 0 Å². The summed E-state index contributed by atoms with van der Waals surface area (Å²) in [4.78, 5) is 18.2. The van der Waals surface area contributed by atoms with Gasteiger partial charge in [0.25, 0.3) is 0 Å². The van der Waals surface area contributed by atoms with Gasteiger partial charge in [-0.05, 0) is 32.8 Å². The SMILES string of the molecule is CCC1=C(C)CN2C=C(C(=O)OC(C)C)S(=O)C2=N1. The third kappa shape index (κ3) is 2.63. The van der Waals surface area contributed by atoms with Crippen molar-refractivity contribution in [3.05, 3.63) is 22.4 Å². The maximum Gasteiger partial charge on any atom is 0.349 e. The second kappa shape index (κ2) is 5.28. The number of nitrogens with zero attached hydrogens (tertiary/aromatic N) is 2. The molecule has 0 aliphatic carbocycles. The van der Waals surface area contributed by atoms with Crippen molar-refractivity contribution in [3.8, 4) is 0 Å². The van der Waals surface area contributed by atoms with Gasteiger partial charge < -0.3 is 9.64 Å². The molecule has 1 unspecified atom stereocenters. The van der Waals surface area contributed by atoms with Crippen molar-refractivity contribution in [2.24, 2.45) is 4.99 Å². The minimum Gasteiger partial charge on any atom is -0.459 e. The Labute approximate surface area is 115 Å². The van der Waals surface area contributed by atoms with E-state index >= 15 is 0 Å². The molecule has 0 aromatic carbocycles. The van der Waals surface area contributed by atoms with Crippen LogP contribution in [0.15, 0.2) is 27.4 Å². The van der Waals surface area contributed by atoms with E-state index in [4.69, 9.17) is 4.74 Å². The molecule has 0 saturated heterocycles. The number of hydrogen-bond donors (Lipinski definition) is 0. The summed E-state index contributed by atoms with van der Waals surface area (Å²) >= 11 is 0. The molecule has 0 aromatic heterocycles. The van der Waals surface area contributed by atoms with Crippen LogP contribution < -0.4 is 0 Å². The second-order valence-corrected chi connectivity index (χ2v) is 6.16. The summed E-state index contributed by atoms with van der Waals surface area (Å²) in [6.07, 6.45) is 2.16. The molecular formula is C13H18N2O3S. The third-order valence-corrected chi connectivity index (χ3v) is 4.22. The van der Waals surface area contributed by atoms with E-state index < -0.39 is 16.8 Å². The first-order valence-electron chi connectivity index (χ1n) is 6.32. The van der Waals surface area contributed by atoms with Gasteiger partial charge >= 0.3 is 5.97 Å². The fourth-order valence-electron chi connectivity index (χ4n) is 2.01. The molecule has 6 heteroatoms. The van der Waals surface area contributed by atoms with E-state index in [-0.39, 0.29) is 11.0 Å². The van der Waals surface area contributed by atoms with Gasteiger partial charge in [0, 0.05) is 18.4 Å². The molecule has 0 bridgehead atoms. The lowest BCUT2D eigenvalue weighted by atomic mass is 10.1. The quantitative estimate of drug-likeness (QED) is 0.742. The molecule has 19 heavy (non-hydrogen) atoms. The van der Waals surface area contributed by atoms with E-state index in [9.17, 15) is 9.00 Å². The van der Waals surface area contributed by atoms with Crippen LogP contribution in [-0.2, 0) is 20.3 Å². The van der Waals surface area contributed by atoms with E-state index in [1.807, 2.05) is 13.8 Å². The lowest BCUT2D eigenvalue weighted by Crippen LogP contribution is -2.29. The molecule has 0 radical (unpaired) electrons. The first-order valence-corrected chi connectivity index (χ1v) is 7.47. The van der Waals surface area contributed by atoms with Crippen LogP contribution in [0, 0.1) is 0 Å². The highest BCUT2D eigenvalue weighted by Crippen LogP contribution is 2.27. The van der Waals surface area contributed by atoms with Gasteiger partial charge in [-0.2, -0.15) is 0 Å². The number of esters is 1. The Morgan fingerprint density at radius 3 is 2.84 bits per heavy atom. The summed E-state index contributed by atoms with van der Waals surface area (Å²) in [6.45, 7) is 8.18. The molecule has 0 spiro atoms. The highest BCUT2D eigenvalue weighted by atomic mass is 32.2. The van der Waals surface area contributed by atoms with E-state index in [2.05, 4.69) is 4.99 Å². The Kier molecular flexibility index (Phi) is 3.89. The Balaban J connectivity index is 2.25. The summed E-state index contributed by atoms with van der Waals surface area (Å²) in [7, 11) is -1.53. The number of ether oxygens (including phenoxy) is 1. The van der Waals surface area contributed by atoms with Gasteiger partial charge in [0.15, 0.2) is 0 Å². The Morgan fingerprint density at radius 2 is 2.26 bits per heavy atom. The van der Waals surface area contributed by atoms with Gasteiger partial charge in [-0.15, -0.1) is 0 Å². The van der Waals surface area contributed by atoms with Gasteiger partial charge in [0.2, 0.25) is 5.17 Å². The van der Waals surface area contributed by atoms with Crippen LogP contribution in [0.5, 0.6) is 0 Å². The smallest absolute Gasteiger partial charge is 0.349 e. The second-order valence-electron chi connectivity index (χ2n) is 4.82. The van der Waals surface area contributed by atoms with E-state index in [0.29, 0.717) is 11.7 Å². The van der Waals surface area contributed by atoms with E-state index in [1.165, 1.54) is 0 Å². The molecule has 0 N–H and O–H groups in total. The number of carbonyl (C=O) groups is 1. The highest BCUT2D eigenvalue weighted by Gasteiger charge is 2.36. The molecule has 104 valence electrons. The number of hydrogen-bond acceptors (Lipinski definition) is 5. The molecule has 2 heterocycles. The van der Waals surface area contributed by atoms with Gasteiger partial charge in [0.05, 0.1) is 6.10 Å². The number of carbonyl (C=O) groups excluding carboxylic acids is 1.